The van der Waals surface area contributed by atoms with Crippen LogP contribution in [0.3, 0.4) is 0 Å². The number of carboxylic acid groups (broad SMARTS) is 1. The number of esters is 1. The molecule has 0 heterocycles. The maximum absolute atomic E-state index is 13.2. The normalized spacial score (nSPS) is 12.1. The van der Waals surface area contributed by atoms with Gasteiger partial charge in [0.1, 0.15) is 23.4 Å². The molecule has 0 radical (unpaired) electrons. The van der Waals surface area contributed by atoms with Crippen molar-refractivity contribution < 1.29 is 47.7 Å². The first-order valence-corrected chi connectivity index (χ1v) is 14.7. The quantitative estimate of drug-likeness (QED) is 0.212. The number of carbonyl (C=O) groups is 5. The molecule has 234 valence electrons. The molecule has 43 heavy (non-hydrogen) atoms. The van der Waals surface area contributed by atoms with Crippen LogP contribution < -0.4 is 20.1 Å². The molecule has 0 aliphatic heterocycles. The Bertz CT molecular complexity index is 1270. The summed E-state index contributed by atoms with van der Waals surface area (Å²) in [5.41, 5.74) is 1.23. The van der Waals surface area contributed by atoms with Gasteiger partial charge in [0.25, 0.3) is 0 Å². The fourth-order valence-corrected chi connectivity index (χ4v) is 4.78. The predicted molar refractivity (Wildman–Crippen MR) is 157 cm³/mol. The van der Waals surface area contributed by atoms with E-state index >= 15 is 0 Å². The molecular weight excluding hydrogens is 583 g/mol. The number of hydrogen-bond acceptors (Lipinski definition) is 9. The molecule has 0 aliphatic rings. The highest BCUT2D eigenvalue weighted by molar-refractivity contribution is 7.99. The zero-order valence-corrected chi connectivity index (χ0v) is 25.3. The first-order chi connectivity index (χ1) is 20.4. The van der Waals surface area contributed by atoms with Crippen molar-refractivity contribution in [1.29, 1.82) is 0 Å². The molecule has 0 fully saturated rings. The number of carbonyl (C=O) groups excluding carboxylic acids is 4. The summed E-state index contributed by atoms with van der Waals surface area (Å²) < 4.78 is 28.7. The number of Topliss-reactive ketones (excluding diaryl/α,β-unsaturated/α-hetero) is 1. The van der Waals surface area contributed by atoms with E-state index in [1.54, 1.807) is 51.1 Å². The van der Waals surface area contributed by atoms with Crippen LogP contribution in [-0.4, -0.2) is 72.8 Å². The van der Waals surface area contributed by atoms with Crippen LogP contribution in [0.2, 0.25) is 0 Å². The summed E-state index contributed by atoms with van der Waals surface area (Å²) >= 11 is 1.21. The molecule has 13 heteroatoms. The van der Waals surface area contributed by atoms with Crippen molar-refractivity contribution in [3.8, 4) is 11.5 Å². The van der Waals surface area contributed by atoms with E-state index in [0.29, 0.717) is 29.4 Å². The number of nitrogens with one attached hydrogen (secondary N) is 2. The standard InChI is InChI=1S/C30H37FN2O9S/c1-5-41-25-11-10-22(42-15-28(38)40-4)12-20(25)13-26(35)33-29(18(2)3)30(39)32-23(14-27(36)37)24(34)17-43-16-19-6-8-21(31)9-7-19/h6-12,18,23,29H,5,13-17H2,1-4H3,(H,32,39)(H,33,35)(H,36,37)/t23-,29-/m0/s1. The van der Waals surface area contributed by atoms with Crippen LogP contribution in [0.5, 0.6) is 11.5 Å². The molecule has 2 amide bonds. The number of carboxylic acids is 1. The third kappa shape index (κ3) is 12.3. The van der Waals surface area contributed by atoms with Crippen molar-refractivity contribution in [2.24, 2.45) is 5.92 Å². The van der Waals surface area contributed by atoms with Crippen molar-refractivity contribution >= 4 is 41.3 Å². The molecule has 2 aromatic carbocycles. The Kier molecular flexibility index (Phi) is 14.5. The van der Waals surface area contributed by atoms with E-state index in [4.69, 9.17) is 9.47 Å². The third-order valence-corrected chi connectivity index (χ3v) is 7.07. The number of thioether (sulfide) groups is 1. The van der Waals surface area contributed by atoms with Gasteiger partial charge in [0.05, 0.1) is 38.4 Å². The Morgan fingerprint density at radius 1 is 1.00 bits per heavy atom. The van der Waals surface area contributed by atoms with E-state index in [1.165, 1.54) is 31.0 Å². The summed E-state index contributed by atoms with van der Waals surface area (Å²) in [5, 5.41) is 14.5. The van der Waals surface area contributed by atoms with Gasteiger partial charge in [-0.2, -0.15) is 0 Å². The van der Waals surface area contributed by atoms with Gasteiger partial charge in [-0.3, -0.25) is 19.2 Å². The first kappa shape index (κ1) is 35.1. The Morgan fingerprint density at radius 3 is 2.30 bits per heavy atom. The number of methoxy groups -OCH3 is 1. The molecule has 0 bridgehead atoms. The average Bonchev–Trinajstić information content (AvgIpc) is 2.96. The SMILES string of the molecule is CCOc1ccc(OCC(=O)OC)cc1CC(=O)N[C@H](C(=O)N[C@@H](CC(=O)O)C(=O)CSCc1ccc(F)cc1)C(C)C. The first-order valence-electron chi connectivity index (χ1n) is 13.5. The second-order valence-electron chi connectivity index (χ2n) is 9.78. The number of halogens is 1. The van der Waals surface area contributed by atoms with E-state index in [9.17, 15) is 33.5 Å². The molecule has 0 spiro atoms. The third-order valence-electron chi connectivity index (χ3n) is 6.04. The number of aliphatic carboxylic acids is 1. The van der Waals surface area contributed by atoms with Crippen molar-refractivity contribution in [1.82, 2.24) is 10.6 Å². The van der Waals surface area contributed by atoms with E-state index in [2.05, 4.69) is 15.4 Å². The average molecular weight is 621 g/mol. The monoisotopic (exact) mass is 620 g/mol. The van der Waals surface area contributed by atoms with Gasteiger partial charge < -0.3 is 30.0 Å². The zero-order valence-electron chi connectivity index (χ0n) is 24.5. The van der Waals surface area contributed by atoms with Gasteiger partial charge in [-0.25, -0.2) is 9.18 Å². The second-order valence-corrected chi connectivity index (χ2v) is 10.8. The summed E-state index contributed by atoms with van der Waals surface area (Å²) in [5.74, 6) is -3.33. The molecule has 0 aromatic heterocycles. The fraction of sp³-hybridized carbons (Fsp3) is 0.433. The molecule has 2 atom stereocenters. The van der Waals surface area contributed by atoms with Gasteiger partial charge in [-0.15, -0.1) is 11.8 Å². The summed E-state index contributed by atoms with van der Waals surface area (Å²) in [7, 11) is 1.23. The molecule has 0 unspecified atom stereocenters. The minimum atomic E-state index is -1.31. The van der Waals surface area contributed by atoms with Crippen LogP contribution in [0.1, 0.15) is 38.3 Å². The van der Waals surface area contributed by atoms with Crippen LogP contribution in [0.4, 0.5) is 4.39 Å². The van der Waals surface area contributed by atoms with Crippen molar-refractivity contribution in [2.45, 2.75) is 51.4 Å². The molecule has 3 N–H and O–H groups in total. The number of ketones is 1. The highest BCUT2D eigenvalue weighted by Gasteiger charge is 2.30. The Hall–Kier alpha value is -4.13. The molecule has 0 aliphatic carbocycles. The van der Waals surface area contributed by atoms with E-state index in [0.717, 1.165) is 5.56 Å². The molecule has 11 nitrogen and oxygen atoms in total. The highest BCUT2D eigenvalue weighted by Crippen LogP contribution is 2.25. The lowest BCUT2D eigenvalue weighted by Crippen LogP contribution is -2.54. The van der Waals surface area contributed by atoms with Crippen LogP contribution in [-0.2, 0) is 40.9 Å². The summed E-state index contributed by atoms with van der Waals surface area (Å²) in [6.07, 6.45) is -0.824. The molecule has 2 aromatic rings. The van der Waals surface area contributed by atoms with Crippen LogP contribution in [0.25, 0.3) is 0 Å². The minimum absolute atomic E-state index is 0.0805. The number of amides is 2. The molecule has 0 saturated carbocycles. The van der Waals surface area contributed by atoms with Gasteiger partial charge in [0, 0.05) is 11.3 Å². The molecule has 2 rings (SSSR count). The summed E-state index contributed by atoms with van der Waals surface area (Å²) in [6, 6.07) is 8.12. The number of ether oxygens (including phenoxy) is 3. The van der Waals surface area contributed by atoms with E-state index < -0.39 is 54.0 Å². The van der Waals surface area contributed by atoms with E-state index in [-0.39, 0.29) is 24.6 Å². The van der Waals surface area contributed by atoms with Crippen molar-refractivity contribution in [2.75, 3.05) is 26.1 Å². The Labute approximate surface area is 253 Å². The summed E-state index contributed by atoms with van der Waals surface area (Å²) in [6.45, 7) is 5.18. The van der Waals surface area contributed by atoms with Crippen LogP contribution >= 0.6 is 11.8 Å². The highest BCUT2D eigenvalue weighted by atomic mass is 32.2. The predicted octanol–water partition coefficient (Wildman–Crippen LogP) is 2.92. The van der Waals surface area contributed by atoms with Crippen molar-refractivity contribution in [3.05, 3.63) is 59.4 Å². The van der Waals surface area contributed by atoms with E-state index in [1.807, 2.05) is 0 Å². The Morgan fingerprint density at radius 2 is 1.70 bits per heavy atom. The van der Waals surface area contributed by atoms with Crippen LogP contribution in [0, 0.1) is 11.7 Å². The van der Waals surface area contributed by atoms with Gasteiger partial charge >= 0.3 is 11.9 Å². The number of benzene rings is 2. The van der Waals surface area contributed by atoms with Crippen molar-refractivity contribution in [3.63, 3.8) is 0 Å². The second kappa shape index (κ2) is 17.7. The fourth-order valence-electron chi connectivity index (χ4n) is 3.85. The van der Waals surface area contributed by atoms with Gasteiger partial charge in [0.15, 0.2) is 12.4 Å². The van der Waals surface area contributed by atoms with Gasteiger partial charge in [-0.05, 0) is 48.7 Å². The lowest BCUT2D eigenvalue weighted by Gasteiger charge is -2.25. The van der Waals surface area contributed by atoms with Gasteiger partial charge in [0.2, 0.25) is 11.8 Å². The maximum Gasteiger partial charge on any atom is 0.343 e. The lowest BCUT2D eigenvalue weighted by molar-refractivity contribution is -0.143. The molecule has 0 saturated heterocycles. The lowest BCUT2D eigenvalue weighted by atomic mass is 10.0. The topological polar surface area (TPSA) is 157 Å². The van der Waals surface area contributed by atoms with Gasteiger partial charge in [-0.1, -0.05) is 26.0 Å². The number of hydrogen-bond donors (Lipinski definition) is 3. The maximum atomic E-state index is 13.2. The largest absolute Gasteiger partial charge is 0.494 e. The zero-order chi connectivity index (χ0) is 31.9. The number of rotatable bonds is 18. The van der Waals surface area contributed by atoms with Crippen LogP contribution in [0.15, 0.2) is 42.5 Å². The molecular formula is C30H37FN2O9S. The Balaban J connectivity index is 2.08. The minimum Gasteiger partial charge on any atom is -0.494 e. The summed E-state index contributed by atoms with van der Waals surface area (Å²) in [4.78, 5) is 62.0. The smallest absolute Gasteiger partial charge is 0.343 e.